The maximum Gasteiger partial charge on any atom is 0.169 e. The Labute approximate surface area is 195 Å². The largest absolute Gasteiger partial charge is 0.392 e. The summed E-state index contributed by atoms with van der Waals surface area (Å²) in [5, 5.41) is 9.55. The summed E-state index contributed by atoms with van der Waals surface area (Å²) in [6, 6.07) is 15.8. The highest BCUT2D eigenvalue weighted by Crippen LogP contribution is 2.69. The van der Waals surface area contributed by atoms with Gasteiger partial charge in [0.25, 0.3) is 0 Å². The lowest BCUT2D eigenvalue weighted by Crippen LogP contribution is -2.07. The number of hydrogen-bond donors (Lipinski definition) is 1. The average Bonchev–Trinajstić information content (AvgIpc) is 3.08. The van der Waals surface area contributed by atoms with E-state index < -0.39 is 0 Å². The molecule has 170 valence electrons. The minimum Gasteiger partial charge on any atom is -0.392 e. The highest BCUT2D eigenvalue weighted by molar-refractivity contribution is 6.11. The summed E-state index contributed by atoms with van der Waals surface area (Å²) in [6.45, 7) is 9.59. The van der Waals surface area contributed by atoms with Crippen molar-refractivity contribution in [2.75, 3.05) is 0 Å². The van der Waals surface area contributed by atoms with Gasteiger partial charge in [-0.1, -0.05) is 58.0 Å². The van der Waals surface area contributed by atoms with E-state index in [1.165, 1.54) is 0 Å². The van der Waals surface area contributed by atoms with Crippen LogP contribution in [-0.2, 0) is 13.2 Å². The predicted molar refractivity (Wildman–Crippen MR) is 131 cm³/mol. The average molecular weight is 442 g/mol. The van der Waals surface area contributed by atoms with Crippen LogP contribution < -0.4 is 0 Å². The number of fused-ring (bicyclic) bond motifs is 1. The number of rotatable bonds is 5. The van der Waals surface area contributed by atoms with Gasteiger partial charge >= 0.3 is 0 Å². The molecule has 0 aliphatic heterocycles. The van der Waals surface area contributed by atoms with E-state index in [0.29, 0.717) is 0 Å². The lowest BCUT2D eigenvalue weighted by atomic mass is 10.0. The molecule has 3 heterocycles. The number of para-hydroxylation sites is 1. The summed E-state index contributed by atoms with van der Waals surface area (Å²) < 4.78 is 2.17. The minimum absolute atomic E-state index is 0.0522. The molecule has 1 aliphatic carbocycles. The highest BCUT2D eigenvalue weighted by Gasteiger charge is 2.68. The number of aliphatic hydroxyl groups excluding tert-OH is 1. The van der Waals surface area contributed by atoms with Crippen molar-refractivity contribution in [3.05, 3.63) is 96.2 Å². The van der Waals surface area contributed by atoms with Gasteiger partial charge in [0.15, 0.2) is 5.78 Å². The van der Waals surface area contributed by atoms with E-state index in [-0.39, 0.29) is 29.1 Å². The summed E-state index contributed by atoms with van der Waals surface area (Å²) >= 11 is 0. The van der Waals surface area contributed by atoms with E-state index in [1.54, 1.807) is 24.7 Å². The summed E-state index contributed by atoms with van der Waals surface area (Å²) in [6.07, 6.45) is 9.01. The molecular formula is C28H31N3O2. The molecule has 3 aromatic heterocycles. The number of ketones is 1. The first-order chi connectivity index (χ1) is 15.8. The van der Waals surface area contributed by atoms with Gasteiger partial charge in [-0.3, -0.25) is 14.8 Å². The second-order valence-corrected chi connectivity index (χ2v) is 9.81. The fourth-order valence-electron chi connectivity index (χ4n) is 4.76. The molecule has 5 nitrogen and oxygen atoms in total. The number of aliphatic hydroxyl groups is 1. The van der Waals surface area contributed by atoms with Crippen LogP contribution in [0.2, 0.25) is 0 Å². The van der Waals surface area contributed by atoms with E-state index in [0.717, 1.165) is 34.1 Å². The Morgan fingerprint density at radius 1 is 0.909 bits per heavy atom. The van der Waals surface area contributed by atoms with Gasteiger partial charge in [0.1, 0.15) is 0 Å². The third kappa shape index (κ3) is 4.33. The third-order valence-corrected chi connectivity index (χ3v) is 7.32. The second-order valence-electron chi connectivity index (χ2n) is 9.81. The molecule has 33 heavy (non-hydrogen) atoms. The van der Waals surface area contributed by atoms with Crippen molar-refractivity contribution in [2.24, 2.45) is 16.7 Å². The molecule has 1 N–H and O–H groups in total. The van der Waals surface area contributed by atoms with Crippen LogP contribution >= 0.6 is 0 Å². The van der Waals surface area contributed by atoms with Crippen LogP contribution in [0, 0.1) is 16.7 Å². The fraction of sp³-hybridized carbons (Fsp3) is 0.321. The number of aromatic nitrogens is 3. The molecule has 5 heteroatoms. The molecule has 0 saturated heterocycles. The zero-order valence-electron chi connectivity index (χ0n) is 19.7. The van der Waals surface area contributed by atoms with Crippen molar-refractivity contribution in [2.45, 2.75) is 40.8 Å². The van der Waals surface area contributed by atoms with E-state index in [1.807, 2.05) is 36.7 Å². The van der Waals surface area contributed by atoms with Crippen LogP contribution in [0.3, 0.4) is 0 Å². The highest BCUT2D eigenvalue weighted by atomic mass is 16.3. The molecule has 0 bridgehead atoms. The Hall–Kier alpha value is -3.31. The lowest BCUT2D eigenvalue weighted by Gasteiger charge is -2.04. The number of pyridine rings is 2. The molecule has 4 aromatic rings. The van der Waals surface area contributed by atoms with Gasteiger partial charge in [0.2, 0.25) is 0 Å². The Balaban J connectivity index is 0.000000275. The zero-order valence-corrected chi connectivity index (χ0v) is 19.7. The number of hydrogen-bond acceptors (Lipinski definition) is 4. The summed E-state index contributed by atoms with van der Waals surface area (Å²) in [5.74, 6) is 0.355. The molecule has 1 aliphatic rings. The summed E-state index contributed by atoms with van der Waals surface area (Å²) in [7, 11) is 0. The van der Waals surface area contributed by atoms with Crippen molar-refractivity contribution in [1.82, 2.24) is 14.5 Å². The van der Waals surface area contributed by atoms with Crippen molar-refractivity contribution in [1.29, 1.82) is 0 Å². The molecule has 0 radical (unpaired) electrons. The van der Waals surface area contributed by atoms with Gasteiger partial charge in [-0.15, -0.1) is 0 Å². The molecule has 0 atom stereocenters. The molecule has 0 unspecified atom stereocenters. The summed E-state index contributed by atoms with van der Waals surface area (Å²) in [4.78, 5) is 21.3. The number of benzene rings is 1. The quantitative estimate of drug-likeness (QED) is 0.414. The van der Waals surface area contributed by atoms with Gasteiger partial charge in [0, 0.05) is 59.9 Å². The summed E-state index contributed by atoms with van der Waals surface area (Å²) in [5.41, 5.74) is 4.05. The molecule has 0 spiro atoms. The van der Waals surface area contributed by atoms with Crippen LogP contribution in [0.1, 0.15) is 49.2 Å². The van der Waals surface area contributed by atoms with Crippen LogP contribution in [-0.4, -0.2) is 25.4 Å². The second kappa shape index (κ2) is 8.91. The van der Waals surface area contributed by atoms with E-state index in [4.69, 9.17) is 5.11 Å². The normalized spacial score (nSPS) is 16.2. The zero-order chi connectivity index (χ0) is 23.6. The first-order valence-electron chi connectivity index (χ1n) is 11.3. The molecule has 1 aromatic carbocycles. The number of carbonyl (C=O) groups excluding carboxylic acids is 1. The number of nitrogens with zero attached hydrogens (tertiary/aromatic N) is 3. The van der Waals surface area contributed by atoms with Gasteiger partial charge < -0.3 is 9.67 Å². The Morgan fingerprint density at radius 2 is 1.52 bits per heavy atom. The molecular weight excluding hydrogens is 410 g/mol. The van der Waals surface area contributed by atoms with Crippen molar-refractivity contribution < 1.29 is 9.90 Å². The first-order valence-corrected chi connectivity index (χ1v) is 11.3. The van der Waals surface area contributed by atoms with E-state index >= 15 is 0 Å². The van der Waals surface area contributed by atoms with E-state index in [2.05, 4.69) is 60.4 Å². The van der Waals surface area contributed by atoms with Gasteiger partial charge in [0.05, 0.1) is 6.61 Å². The van der Waals surface area contributed by atoms with Crippen LogP contribution in [0.25, 0.3) is 10.9 Å². The lowest BCUT2D eigenvalue weighted by molar-refractivity contribution is 0.0946. The first kappa shape index (κ1) is 22.9. The van der Waals surface area contributed by atoms with Gasteiger partial charge in [-0.25, -0.2) is 0 Å². The minimum atomic E-state index is 0.0522. The maximum atomic E-state index is 13.3. The smallest absolute Gasteiger partial charge is 0.169 e. The van der Waals surface area contributed by atoms with Crippen LogP contribution in [0.15, 0.2) is 79.5 Å². The maximum absolute atomic E-state index is 13.3. The number of Topliss-reactive ketones (excluding diaryl/α,β-unsaturated/α-hetero) is 1. The standard InChI is InChI=1S/C22H24N2O.C6H7NO/c1-21(2)20(22(21,3)4)19(25)17-14-24(13-15-8-7-11-23-12-15)18-10-6-5-9-16(17)18;8-5-6-2-1-3-7-4-6/h5-12,14,20H,13H2,1-4H3;1-4,8H,5H2. The van der Waals surface area contributed by atoms with Crippen LogP contribution in [0.5, 0.6) is 0 Å². The Kier molecular flexibility index (Phi) is 6.17. The van der Waals surface area contributed by atoms with Gasteiger partial charge in [-0.05, 0) is 40.2 Å². The number of carbonyl (C=O) groups is 1. The third-order valence-electron chi connectivity index (χ3n) is 7.32. The van der Waals surface area contributed by atoms with Crippen LogP contribution in [0.4, 0.5) is 0 Å². The monoisotopic (exact) mass is 441 g/mol. The van der Waals surface area contributed by atoms with Gasteiger partial charge in [-0.2, -0.15) is 0 Å². The fourth-order valence-corrected chi connectivity index (χ4v) is 4.76. The van der Waals surface area contributed by atoms with Crippen molar-refractivity contribution in [3.63, 3.8) is 0 Å². The predicted octanol–water partition coefficient (Wildman–Crippen LogP) is 5.52. The topological polar surface area (TPSA) is 68.0 Å². The Bertz CT molecular complexity index is 1230. The van der Waals surface area contributed by atoms with Crippen molar-refractivity contribution in [3.8, 4) is 0 Å². The van der Waals surface area contributed by atoms with Crippen molar-refractivity contribution >= 4 is 16.7 Å². The SMILES string of the molecule is CC1(C)C(C(=O)c2cn(Cc3cccnc3)c3ccccc23)C1(C)C.OCc1cccnc1. The molecule has 0 amide bonds. The molecule has 1 saturated carbocycles. The van der Waals surface area contributed by atoms with E-state index in [9.17, 15) is 4.79 Å². The molecule has 5 rings (SSSR count). The molecule has 1 fully saturated rings. The Morgan fingerprint density at radius 3 is 2.03 bits per heavy atom.